The lowest BCUT2D eigenvalue weighted by molar-refractivity contribution is -0.149. The fraction of sp³-hybridized carbons (Fsp3) is 0.857. The summed E-state index contributed by atoms with van der Waals surface area (Å²) in [6.45, 7) is 4.70. The highest BCUT2D eigenvalue weighted by Crippen LogP contribution is 2.37. The second-order valence-electron chi connectivity index (χ2n) is 6.45. The highest BCUT2D eigenvalue weighted by Gasteiger charge is 2.35. The number of carbonyl (C=O) groups excluding carboxylic acids is 1. The zero-order valence-corrected chi connectivity index (χ0v) is 12.1. The largest absolute Gasteiger partial charge is 0.479 e. The third-order valence-corrected chi connectivity index (χ3v) is 4.44. The summed E-state index contributed by atoms with van der Waals surface area (Å²) in [6, 6.07) is 0.0196. The molecule has 0 spiro atoms. The van der Waals surface area contributed by atoms with Crippen LogP contribution in [0, 0.1) is 5.41 Å². The number of carboxylic acid groups (broad SMARTS) is 1. The van der Waals surface area contributed by atoms with E-state index in [1.54, 1.807) is 0 Å². The van der Waals surface area contributed by atoms with Crippen molar-refractivity contribution < 1.29 is 19.4 Å². The van der Waals surface area contributed by atoms with Gasteiger partial charge in [-0.25, -0.2) is 9.59 Å². The molecule has 0 aromatic rings. The van der Waals surface area contributed by atoms with Gasteiger partial charge in [0, 0.05) is 12.6 Å². The molecule has 1 aliphatic heterocycles. The fourth-order valence-corrected chi connectivity index (χ4v) is 3.05. The summed E-state index contributed by atoms with van der Waals surface area (Å²) in [5, 5.41) is 14.6. The van der Waals surface area contributed by atoms with Gasteiger partial charge in [-0.1, -0.05) is 20.3 Å². The van der Waals surface area contributed by atoms with Gasteiger partial charge in [-0.05, 0) is 31.1 Å². The second-order valence-corrected chi connectivity index (χ2v) is 6.45. The molecule has 6 nitrogen and oxygen atoms in total. The Morgan fingerprint density at radius 2 is 2.05 bits per heavy atom. The molecule has 0 bridgehead atoms. The Hall–Kier alpha value is -1.30. The van der Waals surface area contributed by atoms with Gasteiger partial charge in [-0.15, -0.1) is 0 Å². The smallest absolute Gasteiger partial charge is 0.332 e. The van der Waals surface area contributed by atoms with Crippen LogP contribution in [0.4, 0.5) is 4.79 Å². The van der Waals surface area contributed by atoms with Gasteiger partial charge in [0.1, 0.15) is 0 Å². The number of urea groups is 1. The molecule has 3 atom stereocenters. The van der Waals surface area contributed by atoms with E-state index in [1.807, 2.05) is 0 Å². The Labute approximate surface area is 119 Å². The summed E-state index contributed by atoms with van der Waals surface area (Å²) in [5.41, 5.74) is 0.148. The molecule has 0 radical (unpaired) electrons. The van der Waals surface area contributed by atoms with E-state index in [1.165, 1.54) is 0 Å². The van der Waals surface area contributed by atoms with Crippen LogP contribution < -0.4 is 10.6 Å². The zero-order valence-electron chi connectivity index (χ0n) is 12.1. The van der Waals surface area contributed by atoms with Crippen molar-refractivity contribution in [1.29, 1.82) is 0 Å². The van der Waals surface area contributed by atoms with Gasteiger partial charge in [-0.2, -0.15) is 0 Å². The van der Waals surface area contributed by atoms with Crippen LogP contribution in [0.2, 0.25) is 0 Å². The molecule has 1 aliphatic carbocycles. The Bertz CT molecular complexity index is 383. The maximum Gasteiger partial charge on any atom is 0.332 e. The zero-order chi connectivity index (χ0) is 14.8. The third-order valence-electron chi connectivity index (χ3n) is 4.44. The molecule has 1 heterocycles. The van der Waals surface area contributed by atoms with Gasteiger partial charge in [0.25, 0.3) is 0 Å². The lowest BCUT2D eigenvalue weighted by Crippen LogP contribution is -2.48. The molecule has 2 aliphatic rings. The van der Waals surface area contributed by atoms with Crippen LogP contribution in [0.1, 0.15) is 46.0 Å². The quantitative estimate of drug-likeness (QED) is 0.730. The van der Waals surface area contributed by atoms with Gasteiger partial charge in [0.15, 0.2) is 6.10 Å². The van der Waals surface area contributed by atoms with Crippen LogP contribution in [-0.2, 0) is 9.53 Å². The molecule has 114 valence electrons. The minimum Gasteiger partial charge on any atom is -0.479 e. The highest BCUT2D eigenvalue weighted by atomic mass is 16.5. The van der Waals surface area contributed by atoms with Crippen molar-refractivity contribution in [2.45, 2.75) is 64.2 Å². The van der Waals surface area contributed by atoms with Gasteiger partial charge >= 0.3 is 12.0 Å². The predicted molar refractivity (Wildman–Crippen MR) is 73.5 cm³/mol. The van der Waals surface area contributed by atoms with Crippen LogP contribution in [0.25, 0.3) is 0 Å². The lowest BCUT2D eigenvalue weighted by Gasteiger charge is -2.28. The van der Waals surface area contributed by atoms with Crippen LogP contribution in [-0.4, -0.2) is 41.9 Å². The number of carboxylic acids is 1. The summed E-state index contributed by atoms with van der Waals surface area (Å²) in [6.07, 6.45) is 3.55. The Balaban J connectivity index is 1.70. The van der Waals surface area contributed by atoms with Gasteiger partial charge < -0.3 is 20.5 Å². The van der Waals surface area contributed by atoms with Crippen LogP contribution >= 0.6 is 0 Å². The normalized spacial score (nSPS) is 32.0. The first kappa shape index (κ1) is 15.1. The molecular weight excluding hydrogens is 260 g/mol. The first-order chi connectivity index (χ1) is 9.38. The molecule has 2 rings (SSSR count). The number of ether oxygens (including phenoxy) is 1. The first-order valence-corrected chi connectivity index (χ1v) is 7.31. The number of amides is 2. The highest BCUT2D eigenvalue weighted by molar-refractivity contribution is 5.74. The van der Waals surface area contributed by atoms with Crippen molar-refractivity contribution in [3.05, 3.63) is 0 Å². The van der Waals surface area contributed by atoms with Crippen molar-refractivity contribution >= 4 is 12.0 Å². The van der Waals surface area contributed by atoms with Crippen LogP contribution in [0.15, 0.2) is 0 Å². The summed E-state index contributed by atoms with van der Waals surface area (Å²) in [4.78, 5) is 22.6. The van der Waals surface area contributed by atoms with Crippen LogP contribution in [0.3, 0.4) is 0 Å². The maximum absolute atomic E-state index is 11.9. The molecule has 2 fully saturated rings. The first-order valence-electron chi connectivity index (χ1n) is 7.31. The summed E-state index contributed by atoms with van der Waals surface area (Å²) < 4.78 is 5.34. The summed E-state index contributed by atoms with van der Waals surface area (Å²) in [5.74, 6) is -0.926. The SMILES string of the molecule is CC1(C)CCCC1NC(=O)NCC1CCC(C(=O)O)O1. The summed E-state index contributed by atoms with van der Waals surface area (Å²) >= 11 is 0. The monoisotopic (exact) mass is 284 g/mol. The molecule has 0 aromatic heterocycles. The topological polar surface area (TPSA) is 87.7 Å². The van der Waals surface area contributed by atoms with E-state index >= 15 is 0 Å². The number of carbonyl (C=O) groups is 2. The molecule has 3 N–H and O–H groups in total. The van der Waals surface area contributed by atoms with Crippen molar-refractivity contribution in [1.82, 2.24) is 10.6 Å². The fourth-order valence-electron chi connectivity index (χ4n) is 3.05. The number of aliphatic carboxylic acids is 1. The number of rotatable bonds is 4. The molecule has 3 unspecified atom stereocenters. The summed E-state index contributed by atoms with van der Waals surface area (Å²) in [7, 11) is 0. The molecular formula is C14H24N2O4. The van der Waals surface area contributed by atoms with E-state index in [2.05, 4.69) is 24.5 Å². The maximum atomic E-state index is 11.9. The Kier molecular flexibility index (Phi) is 4.52. The van der Waals surface area contributed by atoms with Gasteiger partial charge in [0.05, 0.1) is 6.10 Å². The molecule has 6 heteroatoms. The Morgan fingerprint density at radius 1 is 1.30 bits per heavy atom. The van der Waals surface area contributed by atoms with Crippen molar-refractivity contribution in [2.24, 2.45) is 5.41 Å². The van der Waals surface area contributed by atoms with Crippen molar-refractivity contribution in [3.8, 4) is 0 Å². The average Bonchev–Trinajstić information content (AvgIpc) is 2.94. The number of nitrogens with one attached hydrogen (secondary N) is 2. The number of hydrogen-bond acceptors (Lipinski definition) is 3. The molecule has 1 saturated heterocycles. The second kappa shape index (κ2) is 5.99. The lowest BCUT2D eigenvalue weighted by atomic mass is 9.87. The number of hydrogen-bond donors (Lipinski definition) is 3. The van der Waals surface area contributed by atoms with E-state index in [0.717, 1.165) is 19.3 Å². The standard InChI is InChI=1S/C14H24N2O4/c1-14(2)7-3-4-11(14)16-13(19)15-8-9-5-6-10(20-9)12(17)18/h9-11H,3-8H2,1-2H3,(H,17,18)(H2,15,16,19). The Morgan fingerprint density at radius 3 is 2.60 bits per heavy atom. The van der Waals surface area contributed by atoms with Crippen molar-refractivity contribution in [3.63, 3.8) is 0 Å². The van der Waals surface area contributed by atoms with Gasteiger partial charge in [0.2, 0.25) is 0 Å². The third kappa shape index (κ3) is 3.62. The van der Waals surface area contributed by atoms with E-state index in [9.17, 15) is 9.59 Å². The van der Waals surface area contributed by atoms with E-state index in [4.69, 9.17) is 9.84 Å². The predicted octanol–water partition coefficient (Wildman–Crippen LogP) is 1.50. The van der Waals surface area contributed by atoms with Gasteiger partial charge in [-0.3, -0.25) is 0 Å². The average molecular weight is 284 g/mol. The molecule has 1 saturated carbocycles. The van der Waals surface area contributed by atoms with E-state index < -0.39 is 12.1 Å². The minimum absolute atomic E-state index is 0.148. The van der Waals surface area contributed by atoms with Crippen molar-refractivity contribution in [2.75, 3.05) is 6.54 Å². The van der Waals surface area contributed by atoms with E-state index in [-0.39, 0.29) is 23.6 Å². The molecule has 0 aromatic carbocycles. The minimum atomic E-state index is -0.926. The molecule has 20 heavy (non-hydrogen) atoms. The van der Waals surface area contributed by atoms with E-state index in [0.29, 0.717) is 19.4 Å². The molecule has 2 amide bonds. The van der Waals surface area contributed by atoms with Crippen LogP contribution in [0.5, 0.6) is 0 Å².